The fourth-order valence-electron chi connectivity index (χ4n) is 7.95. The summed E-state index contributed by atoms with van der Waals surface area (Å²) in [5.41, 5.74) is 23.0. The van der Waals surface area contributed by atoms with E-state index in [1.807, 2.05) is 54.6 Å². The summed E-state index contributed by atoms with van der Waals surface area (Å²) in [6, 6.07) is 47.2. The molecule has 0 spiro atoms. The molecule has 0 fully saturated rings. The monoisotopic (exact) mass is 657 g/mol. The minimum atomic E-state index is -0.121. The fourth-order valence-corrected chi connectivity index (χ4v) is 7.95. The van der Waals surface area contributed by atoms with E-state index in [1.54, 1.807) is 0 Å². The van der Waals surface area contributed by atoms with Gasteiger partial charge in [0.1, 0.15) is 0 Å². The van der Waals surface area contributed by atoms with Crippen molar-refractivity contribution in [1.29, 1.82) is 0 Å². The summed E-state index contributed by atoms with van der Waals surface area (Å²) in [7, 11) is 0. The van der Waals surface area contributed by atoms with Crippen LogP contribution in [-0.4, -0.2) is 25.7 Å². The highest BCUT2D eigenvalue weighted by Crippen LogP contribution is 2.46. The number of rotatable bonds is 3. The Labute approximate surface area is 294 Å². The normalized spacial score (nSPS) is 13.4. The topological polar surface area (TPSA) is 100 Å². The molecule has 0 radical (unpaired) electrons. The molecule has 1 aliphatic carbocycles. The number of aryl methyl sites for hydroxylation is 2. The number of aromatic nitrogens is 4. The minimum absolute atomic E-state index is 0.121. The first-order valence-corrected chi connectivity index (χ1v) is 17.2. The second-order valence-corrected chi connectivity index (χ2v) is 13.1. The van der Waals surface area contributed by atoms with Crippen molar-refractivity contribution in [2.75, 3.05) is 0 Å². The molecular weight excluding hydrogens is 627 g/mol. The van der Waals surface area contributed by atoms with Crippen LogP contribution in [-0.2, 0) is 12.8 Å². The minimum Gasteiger partial charge on any atom is -0.396 e. The number of benzene rings is 4. The Morgan fingerprint density at radius 2 is 0.882 bits per heavy atom. The number of nitrogens with one attached hydrogen (secondary N) is 2. The van der Waals surface area contributed by atoms with E-state index in [1.165, 1.54) is 0 Å². The summed E-state index contributed by atoms with van der Waals surface area (Å²) in [4.78, 5) is 32.6. The van der Waals surface area contributed by atoms with E-state index in [0.717, 1.165) is 90.8 Å². The van der Waals surface area contributed by atoms with Crippen molar-refractivity contribution in [3.63, 3.8) is 0 Å². The zero-order valence-electron chi connectivity index (χ0n) is 27.6. The molecule has 6 heteroatoms. The largest absolute Gasteiger partial charge is 0.396 e. The van der Waals surface area contributed by atoms with Crippen molar-refractivity contribution in [1.82, 2.24) is 19.9 Å². The Hall–Kier alpha value is -6.79. The Bertz CT molecular complexity index is 2760. The molecule has 0 amide bonds. The predicted octanol–water partition coefficient (Wildman–Crippen LogP) is 9.79. The molecular formula is C45H31N5O. The third kappa shape index (κ3) is 4.53. The van der Waals surface area contributed by atoms with E-state index in [-0.39, 0.29) is 5.78 Å². The standard InChI is InChI=1S/C45H31N5O/c46-42-41-43-40(29-18-10-11-19-30(29)45(41)51)36-25-23-34(49-36)38(27-14-6-2-7-15-27)32-21-20-31(47-32)37(26-12-4-1-5-13-26)33-22-24-35(48-33)39(44(42)50-43)28-16-8-3-9-17-28/h1-19,22-25,48-49H,20-21,46H2. The molecule has 0 atom stereocenters. The predicted molar refractivity (Wildman–Crippen MR) is 205 cm³/mol. The Balaban J connectivity index is 1.44. The molecule has 2 aliphatic heterocycles. The number of carbonyl (C=O) groups is 1. The molecule has 7 aromatic rings. The average Bonchev–Trinajstić information content (AvgIpc) is 4.00. The Morgan fingerprint density at radius 1 is 0.451 bits per heavy atom. The number of hydrogen-bond donors (Lipinski definition) is 3. The van der Waals surface area contributed by atoms with Crippen molar-refractivity contribution in [3.8, 4) is 44.5 Å². The molecule has 0 saturated carbocycles. The van der Waals surface area contributed by atoms with Crippen molar-refractivity contribution in [2.24, 2.45) is 5.73 Å². The summed E-state index contributed by atoms with van der Waals surface area (Å²) in [5.74, 6) is -0.121. The van der Waals surface area contributed by atoms with Gasteiger partial charge in [-0.1, -0.05) is 115 Å². The van der Waals surface area contributed by atoms with E-state index in [2.05, 4.69) is 94.9 Å². The third-order valence-electron chi connectivity index (χ3n) is 10.2. The molecule has 51 heavy (non-hydrogen) atoms. The number of nitrogens with two attached hydrogens (primary N) is 1. The molecule has 3 aromatic heterocycles. The lowest BCUT2D eigenvalue weighted by Crippen LogP contribution is -2.13. The number of carbonyl (C=O) groups excluding carboxylic acids is 1. The molecule has 4 aromatic carbocycles. The van der Waals surface area contributed by atoms with Gasteiger partial charge in [0.05, 0.1) is 34.0 Å². The summed E-state index contributed by atoms with van der Waals surface area (Å²) >= 11 is 0. The highest BCUT2D eigenvalue weighted by Gasteiger charge is 2.36. The fraction of sp³-hybridized carbons (Fsp3) is 0.0444. The summed E-state index contributed by atoms with van der Waals surface area (Å²) in [6.07, 6.45) is 1.59. The summed E-state index contributed by atoms with van der Waals surface area (Å²) < 4.78 is 0. The first-order valence-electron chi connectivity index (χ1n) is 17.2. The van der Waals surface area contributed by atoms with Crippen LogP contribution in [0.1, 0.15) is 33.1 Å². The van der Waals surface area contributed by atoms with Crippen molar-refractivity contribution < 1.29 is 4.79 Å². The maximum atomic E-state index is 14.3. The van der Waals surface area contributed by atoms with Crippen LogP contribution in [0.25, 0.3) is 77.8 Å². The van der Waals surface area contributed by atoms with E-state index in [0.29, 0.717) is 28.2 Å². The quantitative estimate of drug-likeness (QED) is 0.176. The molecule has 4 N–H and O–H groups in total. The number of H-pyrrole nitrogens is 2. The summed E-state index contributed by atoms with van der Waals surface area (Å²) in [5, 5.41) is 0. The average molecular weight is 658 g/mol. The Kier molecular flexibility index (Phi) is 6.51. The van der Waals surface area contributed by atoms with Crippen molar-refractivity contribution in [2.45, 2.75) is 12.8 Å². The van der Waals surface area contributed by atoms with Crippen LogP contribution in [0.15, 0.2) is 140 Å². The number of allylic oxidation sites excluding steroid dienone is 1. The van der Waals surface area contributed by atoms with Crippen LogP contribution < -0.4 is 5.73 Å². The van der Waals surface area contributed by atoms with Gasteiger partial charge in [0, 0.05) is 49.9 Å². The lowest BCUT2D eigenvalue weighted by Gasteiger charge is -2.18. The smallest absolute Gasteiger partial charge is 0.198 e. The van der Waals surface area contributed by atoms with Gasteiger partial charge in [-0.2, -0.15) is 0 Å². The molecule has 10 rings (SSSR count). The second kappa shape index (κ2) is 11.4. The SMILES string of the molecule is NC1=C2C(=O)c3ccccc3-c3c2nc1c(-c1ccccc1)c1ccc([nH]1)c(-c1ccccc1)c1nc(c(-c2ccccc2)c2ccc3[nH]2)CC1. The zero-order valence-corrected chi connectivity index (χ0v) is 27.6. The number of fused-ring (bicyclic) bond motifs is 10. The number of ketones is 1. The maximum absolute atomic E-state index is 14.3. The Morgan fingerprint density at radius 3 is 1.41 bits per heavy atom. The third-order valence-corrected chi connectivity index (χ3v) is 10.2. The van der Waals surface area contributed by atoms with Gasteiger partial charge in [-0.25, -0.2) is 4.98 Å². The van der Waals surface area contributed by atoms with Gasteiger partial charge in [-0.15, -0.1) is 0 Å². The van der Waals surface area contributed by atoms with Gasteiger partial charge in [0.2, 0.25) is 0 Å². The van der Waals surface area contributed by atoms with Gasteiger partial charge in [0.15, 0.2) is 5.78 Å². The van der Waals surface area contributed by atoms with Crippen molar-refractivity contribution in [3.05, 3.63) is 168 Å². The van der Waals surface area contributed by atoms with Crippen LogP contribution in [0.5, 0.6) is 0 Å². The van der Waals surface area contributed by atoms with Crippen LogP contribution in [0, 0.1) is 0 Å². The number of aromatic amines is 2. The highest BCUT2D eigenvalue weighted by molar-refractivity contribution is 6.40. The summed E-state index contributed by atoms with van der Waals surface area (Å²) in [6.45, 7) is 0. The van der Waals surface area contributed by atoms with Crippen LogP contribution >= 0.6 is 0 Å². The van der Waals surface area contributed by atoms with Crippen LogP contribution in [0.4, 0.5) is 0 Å². The lowest BCUT2D eigenvalue weighted by atomic mass is 9.84. The van der Waals surface area contributed by atoms with E-state index in [9.17, 15) is 4.79 Å². The molecule has 0 unspecified atom stereocenters. The molecule has 242 valence electrons. The number of nitrogens with zero attached hydrogens (tertiary/aromatic N) is 2. The van der Waals surface area contributed by atoms with Gasteiger partial charge in [0.25, 0.3) is 0 Å². The van der Waals surface area contributed by atoms with Gasteiger partial charge in [-0.3, -0.25) is 9.78 Å². The van der Waals surface area contributed by atoms with Gasteiger partial charge >= 0.3 is 0 Å². The van der Waals surface area contributed by atoms with E-state index in [4.69, 9.17) is 15.7 Å². The maximum Gasteiger partial charge on any atom is 0.198 e. The molecule has 5 heterocycles. The lowest BCUT2D eigenvalue weighted by molar-refractivity contribution is 0.105. The molecule has 6 nitrogen and oxygen atoms in total. The van der Waals surface area contributed by atoms with Gasteiger partial charge in [-0.05, 0) is 59.4 Å². The first kappa shape index (κ1) is 29.2. The first-order chi connectivity index (χ1) is 25.1. The molecule has 8 bridgehead atoms. The van der Waals surface area contributed by atoms with Crippen molar-refractivity contribution >= 4 is 39.1 Å². The van der Waals surface area contributed by atoms with E-state index < -0.39 is 0 Å². The highest BCUT2D eigenvalue weighted by atomic mass is 16.1. The zero-order chi connectivity index (χ0) is 34.1. The van der Waals surface area contributed by atoms with Crippen LogP contribution in [0.3, 0.4) is 0 Å². The van der Waals surface area contributed by atoms with Gasteiger partial charge < -0.3 is 15.7 Å². The molecule has 0 saturated heterocycles. The number of Topliss-reactive ketones (excluding diaryl/α,β-unsaturated/α-hetero) is 1. The molecule has 3 aliphatic rings. The number of hydrogen-bond acceptors (Lipinski definition) is 4. The van der Waals surface area contributed by atoms with Crippen LogP contribution in [0.2, 0.25) is 0 Å². The van der Waals surface area contributed by atoms with E-state index >= 15 is 0 Å². The second-order valence-electron chi connectivity index (χ2n) is 13.1.